The van der Waals surface area contributed by atoms with Crippen molar-refractivity contribution >= 4 is 21.8 Å². The molecular weight excluding hydrogens is 302 g/mol. The molecule has 1 aliphatic carbocycles. The van der Waals surface area contributed by atoms with Crippen LogP contribution in [-0.2, 0) is 6.42 Å². The molecule has 0 aliphatic heterocycles. The third kappa shape index (κ3) is 2.56. The van der Waals surface area contributed by atoms with Crippen LogP contribution >= 0.6 is 15.9 Å². The summed E-state index contributed by atoms with van der Waals surface area (Å²) in [6.07, 6.45) is 2.03. The lowest BCUT2D eigenvalue weighted by Crippen LogP contribution is -2.27. The summed E-state index contributed by atoms with van der Waals surface area (Å²) in [5, 5.41) is 3.12. The molecule has 0 aromatic heterocycles. The molecule has 1 N–H and O–H groups in total. The molecule has 2 aromatic rings. The van der Waals surface area contributed by atoms with E-state index in [1.165, 1.54) is 11.1 Å². The van der Waals surface area contributed by atoms with E-state index in [4.69, 9.17) is 0 Å². The van der Waals surface area contributed by atoms with E-state index < -0.39 is 0 Å². The van der Waals surface area contributed by atoms with Crippen molar-refractivity contribution in [2.45, 2.75) is 18.9 Å². The minimum Gasteiger partial charge on any atom is -0.345 e. The van der Waals surface area contributed by atoms with Crippen LogP contribution in [-0.4, -0.2) is 5.91 Å². The molecule has 1 aliphatic rings. The number of carbonyl (C=O) groups is 1. The number of nitrogens with one attached hydrogen (secondary N) is 1. The highest BCUT2D eigenvalue weighted by Gasteiger charge is 2.23. The van der Waals surface area contributed by atoms with Gasteiger partial charge in [0.05, 0.1) is 6.04 Å². The monoisotopic (exact) mass is 315 g/mol. The van der Waals surface area contributed by atoms with Gasteiger partial charge in [0, 0.05) is 10.0 Å². The molecule has 96 valence electrons. The Bertz CT molecular complexity index is 624. The molecule has 0 bridgehead atoms. The number of fused-ring (bicyclic) bond motifs is 1. The summed E-state index contributed by atoms with van der Waals surface area (Å²) >= 11 is 3.39. The predicted molar refractivity (Wildman–Crippen MR) is 79.1 cm³/mol. The first-order chi connectivity index (χ1) is 9.24. The fourth-order valence-corrected chi connectivity index (χ4v) is 2.98. The Balaban J connectivity index is 1.78. The highest BCUT2D eigenvalue weighted by Crippen LogP contribution is 2.30. The maximum Gasteiger partial charge on any atom is 0.251 e. The van der Waals surface area contributed by atoms with Gasteiger partial charge in [0.15, 0.2) is 0 Å². The average Bonchev–Trinajstić information content (AvgIpc) is 2.82. The zero-order valence-electron chi connectivity index (χ0n) is 10.4. The summed E-state index contributed by atoms with van der Waals surface area (Å²) in [4.78, 5) is 12.2. The highest BCUT2D eigenvalue weighted by atomic mass is 79.9. The van der Waals surface area contributed by atoms with E-state index in [1.807, 2.05) is 30.3 Å². The Labute approximate surface area is 121 Å². The highest BCUT2D eigenvalue weighted by molar-refractivity contribution is 9.10. The largest absolute Gasteiger partial charge is 0.345 e. The average molecular weight is 316 g/mol. The van der Waals surface area contributed by atoms with Gasteiger partial charge in [-0.05, 0) is 42.2 Å². The standard InChI is InChI=1S/C16H14BrNO/c17-13-6-3-5-12(10-13)16(19)18-15-9-8-11-4-1-2-7-14(11)15/h1-7,10,15H,8-9H2,(H,18,19)/t15-/m1/s1. The number of hydrogen-bond acceptors (Lipinski definition) is 1. The molecule has 0 saturated heterocycles. The van der Waals surface area contributed by atoms with Crippen LogP contribution in [0.5, 0.6) is 0 Å². The van der Waals surface area contributed by atoms with Gasteiger partial charge in [-0.25, -0.2) is 0 Å². The molecule has 0 saturated carbocycles. The molecule has 3 heteroatoms. The van der Waals surface area contributed by atoms with E-state index in [0.29, 0.717) is 5.56 Å². The molecule has 0 fully saturated rings. The molecule has 1 amide bonds. The summed E-state index contributed by atoms with van der Waals surface area (Å²) < 4.78 is 0.923. The van der Waals surface area contributed by atoms with Crippen LogP contribution in [0.2, 0.25) is 0 Å². The van der Waals surface area contributed by atoms with E-state index in [0.717, 1.165) is 17.3 Å². The number of hydrogen-bond donors (Lipinski definition) is 1. The first kappa shape index (κ1) is 12.4. The minimum atomic E-state index is -0.0111. The van der Waals surface area contributed by atoms with Crippen molar-refractivity contribution in [2.75, 3.05) is 0 Å². The molecule has 19 heavy (non-hydrogen) atoms. The molecular formula is C16H14BrNO. The summed E-state index contributed by atoms with van der Waals surface area (Å²) in [5.41, 5.74) is 3.30. The van der Waals surface area contributed by atoms with Crippen LogP contribution in [0, 0.1) is 0 Å². The van der Waals surface area contributed by atoms with Crippen LogP contribution in [0.4, 0.5) is 0 Å². The number of benzene rings is 2. The van der Waals surface area contributed by atoms with Crippen LogP contribution in [0.1, 0.15) is 33.9 Å². The van der Waals surface area contributed by atoms with Crippen LogP contribution in [0.3, 0.4) is 0 Å². The second kappa shape index (κ2) is 5.17. The molecule has 1 atom stereocenters. The second-order valence-corrected chi connectivity index (χ2v) is 5.69. The van der Waals surface area contributed by atoms with Gasteiger partial charge in [0.25, 0.3) is 5.91 Å². The van der Waals surface area contributed by atoms with Gasteiger partial charge in [0.1, 0.15) is 0 Å². The Hall–Kier alpha value is -1.61. The van der Waals surface area contributed by atoms with E-state index in [1.54, 1.807) is 0 Å². The summed E-state index contributed by atoms with van der Waals surface area (Å²) in [7, 11) is 0. The number of rotatable bonds is 2. The fourth-order valence-electron chi connectivity index (χ4n) is 2.58. The molecule has 0 unspecified atom stereocenters. The van der Waals surface area contributed by atoms with Crippen molar-refractivity contribution < 1.29 is 4.79 Å². The molecule has 2 aromatic carbocycles. The van der Waals surface area contributed by atoms with Gasteiger partial charge in [0.2, 0.25) is 0 Å². The van der Waals surface area contributed by atoms with E-state index in [-0.39, 0.29) is 11.9 Å². The zero-order valence-corrected chi connectivity index (χ0v) is 12.0. The van der Waals surface area contributed by atoms with E-state index in [2.05, 4.69) is 39.4 Å². The van der Waals surface area contributed by atoms with E-state index >= 15 is 0 Å². The lowest BCUT2D eigenvalue weighted by Gasteiger charge is -2.14. The molecule has 2 nitrogen and oxygen atoms in total. The Morgan fingerprint density at radius 1 is 1.16 bits per heavy atom. The van der Waals surface area contributed by atoms with Crippen LogP contribution in [0.15, 0.2) is 53.0 Å². The number of aryl methyl sites for hydroxylation is 1. The molecule has 0 heterocycles. The predicted octanol–water partition coefficient (Wildman–Crippen LogP) is 3.87. The summed E-state index contributed by atoms with van der Waals surface area (Å²) in [6.45, 7) is 0. The second-order valence-electron chi connectivity index (χ2n) is 4.77. The number of halogens is 1. The van der Waals surface area contributed by atoms with Gasteiger partial charge >= 0.3 is 0 Å². The number of amides is 1. The minimum absolute atomic E-state index is 0.0111. The lowest BCUT2D eigenvalue weighted by atomic mass is 10.1. The Morgan fingerprint density at radius 2 is 2.00 bits per heavy atom. The van der Waals surface area contributed by atoms with Crippen LogP contribution < -0.4 is 5.32 Å². The van der Waals surface area contributed by atoms with Crippen molar-refractivity contribution in [3.05, 3.63) is 69.7 Å². The molecule has 0 radical (unpaired) electrons. The maximum absolute atomic E-state index is 12.2. The topological polar surface area (TPSA) is 29.1 Å². The zero-order chi connectivity index (χ0) is 13.2. The summed E-state index contributed by atoms with van der Waals surface area (Å²) in [6, 6.07) is 15.9. The Morgan fingerprint density at radius 3 is 2.84 bits per heavy atom. The van der Waals surface area contributed by atoms with Crippen molar-refractivity contribution in [1.82, 2.24) is 5.32 Å². The third-order valence-corrected chi connectivity index (χ3v) is 4.02. The molecule has 0 spiro atoms. The maximum atomic E-state index is 12.2. The normalized spacial score (nSPS) is 17.0. The first-order valence-electron chi connectivity index (χ1n) is 6.38. The summed E-state index contributed by atoms with van der Waals surface area (Å²) in [5.74, 6) is -0.0111. The Kier molecular flexibility index (Phi) is 3.38. The van der Waals surface area contributed by atoms with Gasteiger partial charge in [-0.2, -0.15) is 0 Å². The lowest BCUT2D eigenvalue weighted by molar-refractivity contribution is 0.0936. The van der Waals surface area contributed by atoms with Gasteiger partial charge in [-0.1, -0.05) is 46.3 Å². The molecule has 3 rings (SSSR count). The van der Waals surface area contributed by atoms with Gasteiger partial charge in [-0.3, -0.25) is 4.79 Å². The SMILES string of the molecule is O=C(N[C@@H]1CCc2ccccc21)c1cccc(Br)c1. The number of carbonyl (C=O) groups excluding carboxylic acids is 1. The van der Waals surface area contributed by atoms with Crippen molar-refractivity contribution in [3.8, 4) is 0 Å². The van der Waals surface area contributed by atoms with Gasteiger partial charge in [-0.15, -0.1) is 0 Å². The van der Waals surface area contributed by atoms with Crippen LogP contribution in [0.25, 0.3) is 0 Å². The quantitative estimate of drug-likeness (QED) is 0.895. The van der Waals surface area contributed by atoms with Gasteiger partial charge < -0.3 is 5.32 Å². The van der Waals surface area contributed by atoms with Crippen molar-refractivity contribution in [3.63, 3.8) is 0 Å². The van der Waals surface area contributed by atoms with E-state index in [9.17, 15) is 4.79 Å². The third-order valence-electron chi connectivity index (χ3n) is 3.52. The first-order valence-corrected chi connectivity index (χ1v) is 7.17. The van der Waals surface area contributed by atoms with Crippen molar-refractivity contribution in [1.29, 1.82) is 0 Å². The fraction of sp³-hybridized carbons (Fsp3) is 0.188. The smallest absolute Gasteiger partial charge is 0.251 e. The van der Waals surface area contributed by atoms with Crippen molar-refractivity contribution in [2.24, 2.45) is 0 Å².